The van der Waals surface area contributed by atoms with Crippen LogP contribution in [-0.4, -0.2) is 51.6 Å². The molecule has 0 heterocycles. The fraction of sp³-hybridized carbons (Fsp3) is 0.520. The van der Waals surface area contributed by atoms with Crippen LogP contribution in [0.5, 0.6) is 0 Å². The number of rotatable bonds is 8. The molecule has 34 heavy (non-hydrogen) atoms. The van der Waals surface area contributed by atoms with Crippen LogP contribution in [0.2, 0.25) is 0 Å². The molecular formula is C25H34O9. The van der Waals surface area contributed by atoms with Gasteiger partial charge in [-0.15, -0.1) is 0 Å². The third kappa shape index (κ3) is 13.2. The number of Topliss-reactive ketones (excluding diaryl/α,β-unsaturated/α-hetero) is 3. The van der Waals surface area contributed by atoms with Gasteiger partial charge in [-0.05, 0) is 61.0 Å². The Bertz CT molecular complexity index is 913. The van der Waals surface area contributed by atoms with Gasteiger partial charge < -0.3 is 14.6 Å². The minimum absolute atomic E-state index is 0.128. The van der Waals surface area contributed by atoms with Crippen molar-refractivity contribution in [3.8, 4) is 0 Å². The van der Waals surface area contributed by atoms with Gasteiger partial charge in [0.2, 0.25) is 0 Å². The number of carbonyl (C=O) groups is 6. The predicted octanol–water partition coefficient (Wildman–Crippen LogP) is 3.35. The molecule has 0 spiro atoms. The molecule has 1 aromatic rings. The molecule has 1 rings (SSSR count). The predicted molar refractivity (Wildman–Crippen MR) is 123 cm³/mol. The quantitative estimate of drug-likeness (QED) is 0.338. The Labute approximate surface area is 199 Å². The number of hydrogen-bond acceptors (Lipinski definition) is 8. The van der Waals surface area contributed by atoms with Crippen molar-refractivity contribution in [1.82, 2.24) is 0 Å². The van der Waals surface area contributed by atoms with E-state index in [0.29, 0.717) is 5.56 Å². The highest BCUT2D eigenvalue weighted by molar-refractivity contribution is 6.22. The monoisotopic (exact) mass is 478 g/mol. The van der Waals surface area contributed by atoms with Crippen LogP contribution >= 0.6 is 0 Å². The second-order valence-corrected chi connectivity index (χ2v) is 9.67. The van der Waals surface area contributed by atoms with Crippen molar-refractivity contribution in [2.75, 3.05) is 0 Å². The maximum atomic E-state index is 12.4. The lowest BCUT2D eigenvalue weighted by molar-refractivity contribution is -0.160. The molecule has 1 N–H and O–H groups in total. The molecule has 0 aromatic heterocycles. The Hall–Kier alpha value is -3.36. The highest BCUT2D eigenvalue weighted by Crippen LogP contribution is 2.17. The summed E-state index contributed by atoms with van der Waals surface area (Å²) in [5.41, 5.74) is -0.626. The third-order valence-corrected chi connectivity index (χ3v) is 3.72. The lowest BCUT2D eigenvalue weighted by Crippen LogP contribution is -2.36. The van der Waals surface area contributed by atoms with Crippen molar-refractivity contribution < 1.29 is 43.3 Å². The number of ether oxygens (including phenoxy) is 2. The highest BCUT2D eigenvalue weighted by Gasteiger charge is 2.35. The second-order valence-electron chi connectivity index (χ2n) is 9.67. The highest BCUT2D eigenvalue weighted by atomic mass is 16.6. The molecule has 9 heteroatoms. The Morgan fingerprint density at radius 2 is 1.29 bits per heavy atom. The van der Waals surface area contributed by atoms with E-state index in [2.05, 4.69) is 0 Å². The van der Waals surface area contributed by atoms with Crippen LogP contribution in [0.15, 0.2) is 24.3 Å². The first-order chi connectivity index (χ1) is 15.3. The molecular weight excluding hydrogens is 444 g/mol. The van der Waals surface area contributed by atoms with Gasteiger partial charge >= 0.3 is 17.9 Å². The van der Waals surface area contributed by atoms with E-state index in [4.69, 9.17) is 14.6 Å². The van der Waals surface area contributed by atoms with E-state index >= 15 is 0 Å². The molecule has 188 valence electrons. The molecule has 1 atom stereocenters. The Kier molecular flexibility index (Phi) is 11.5. The summed E-state index contributed by atoms with van der Waals surface area (Å²) < 4.78 is 10.0. The van der Waals surface area contributed by atoms with E-state index in [1.54, 1.807) is 41.5 Å². The van der Waals surface area contributed by atoms with Crippen LogP contribution in [0, 0.1) is 5.92 Å². The average Bonchev–Trinajstić information content (AvgIpc) is 2.58. The first kappa shape index (κ1) is 30.6. The van der Waals surface area contributed by atoms with Gasteiger partial charge in [-0.25, -0.2) is 0 Å². The summed E-state index contributed by atoms with van der Waals surface area (Å²) in [6.45, 7) is 12.8. The van der Waals surface area contributed by atoms with Crippen LogP contribution in [0.1, 0.15) is 77.7 Å². The molecule has 0 aliphatic carbocycles. The maximum absolute atomic E-state index is 12.4. The molecule has 1 aromatic carbocycles. The summed E-state index contributed by atoms with van der Waals surface area (Å²) in [6, 6.07) is 5.77. The van der Waals surface area contributed by atoms with Crippen molar-refractivity contribution in [1.29, 1.82) is 0 Å². The van der Waals surface area contributed by atoms with Crippen molar-refractivity contribution in [2.45, 2.75) is 79.4 Å². The van der Waals surface area contributed by atoms with Crippen molar-refractivity contribution in [3.05, 3.63) is 35.4 Å². The van der Waals surface area contributed by atoms with Crippen LogP contribution in [0.4, 0.5) is 0 Å². The molecule has 0 saturated carbocycles. The Balaban J connectivity index is 0.000000833. The van der Waals surface area contributed by atoms with Crippen molar-refractivity contribution in [2.24, 2.45) is 5.92 Å². The summed E-state index contributed by atoms with van der Waals surface area (Å²) in [5, 5.41) is 8.71. The molecule has 0 aliphatic heterocycles. The smallest absolute Gasteiger partial charge is 0.325 e. The van der Waals surface area contributed by atoms with Gasteiger partial charge in [0.15, 0.2) is 17.5 Å². The normalized spacial score (nSPS) is 11.9. The molecule has 0 bridgehead atoms. The van der Waals surface area contributed by atoms with E-state index in [1.165, 1.54) is 31.2 Å². The summed E-state index contributed by atoms with van der Waals surface area (Å²) >= 11 is 0. The van der Waals surface area contributed by atoms with E-state index in [1.807, 2.05) is 0 Å². The molecule has 0 amide bonds. The molecule has 0 fully saturated rings. The van der Waals surface area contributed by atoms with Crippen LogP contribution in [0.3, 0.4) is 0 Å². The summed E-state index contributed by atoms with van der Waals surface area (Å²) in [5.74, 6) is -5.26. The average molecular weight is 479 g/mol. The number of esters is 2. The molecule has 0 radical (unpaired) electrons. The topological polar surface area (TPSA) is 141 Å². The zero-order valence-electron chi connectivity index (χ0n) is 21.0. The Morgan fingerprint density at radius 1 is 0.824 bits per heavy atom. The van der Waals surface area contributed by atoms with Crippen molar-refractivity contribution >= 4 is 35.3 Å². The number of carboxylic acid groups (broad SMARTS) is 1. The summed E-state index contributed by atoms with van der Waals surface area (Å²) in [6.07, 6.45) is -0.298. The van der Waals surface area contributed by atoms with Gasteiger partial charge in [-0.2, -0.15) is 0 Å². The lowest BCUT2D eigenvalue weighted by atomic mass is 9.93. The minimum Gasteiger partial charge on any atom is -0.481 e. The fourth-order valence-electron chi connectivity index (χ4n) is 2.53. The van der Waals surface area contributed by atoms with E-state index in [9.17, 15) is 28.8 Å². The van der Waals surface area contributed by atoms with Crippen molar-refractivity contribution in [3.63, 3.8) is 0 Å². The van der Waals surface area contributed by atoms with Gasteiger partial charge in [-0.3, -0.25) is 28.8 Å². The maximum Gasteiger partial charge on any atom is 0.325 e. The van der Waals surface area contributed by atoms with Gasteiger partial charge in [0.1, 0.15) is 23.4 Å². The summed E-state index contributed by atoms with van der Waals surface area (Å²) in [7, 11) is 0. The third-order valence-electron chi connectivity index (χ3n) is 3.72. The van der Waals surface area contributed by atoms with Crippen LogP contribution in [-0.2, 0) is 39.9 Å². The largest absolute Gasteiger partial charge is 0.481 e. The van der Waals surface area contributed by atoms with Crippen LogP contribution in [0.25, 0.3) is 0 Å². The van der Waals surface area contributed by atoms with Crippen LogP contribution < -0.4 is 0 Å². The second kappa shape index (κ2) is 12.8. The van der Waals surface area contributed by atoms with Gasteiger partial charge in [-0.1, -0.05) is 24.3 Å². The number of carboxylic acids is 1. The molecule has 9 nitrogen and oxygen atoms in total. The number of benzene rings is 1. The zero-order chi connectivity index (χ0) is 26.9. The number of ketones is 3. The first-order valence-electron chi connectivity index (χ1n) is 10.6. The zero-order valence-corrected chi connectivity index (χ0v) is 21.0. The molecule has 0 saturated heterocycles. The van der Waals surface area contributed by atoms with E-state index in [0.717, 1.165) is 6.92 Å². The van der Waals surface area contributed by atoms with Gasteiger partial charge in [0.25, 0.3) is 0 Å². The van der Waals surface area contributed by atoms with E-state index < -0.39 is 46.6 Å². The SMILES string of the molecule is CC(=O)C(C(=O)OC(C)(C)C)C(=O)c1ccc(CC(=O)O)cc1.CC(=O)CC(=O)OC(C)(C)C. The van der Waals surface area contributed by atoms with Gasteiger partial charge in [0.05, 0.1) is 6.42 Å². The lowest BCUT2D eigenvalue weighted by Gasteiger charge is -2.22. The summed E-state index contributed by atoms with van der Waals surface area (Å²) in [4.78, 5) is 68.1. The Morgan fingerprint density at radius 3 is 1.65 bits per heavy atom. The number of carbonyl (C=O) groups excluding carboxylic acids is 5. The standard InChI is InChI=1S/C17H20O6.C8H14O3/c1-10(18)14(16(22)23-17(2,3)4)15(21)12-7-5-11(6-8-12)9-13(19)20;1-6(9)5-7(10)11-8(2,3)4/h5-8,14H,9H2,1-4H3,(H,19,20);5H2,1-4H3. The molecule has 0 aliphatic rings. The van der Waals surface area contributed by atoms with E-state index in [-0.39, 0.29) is 24.2 Å². The first-order valence-corrected chi connectivity index (χ1v) is 10.6. The number of aliphatic carboxylic acids is 1. The minimum atomic E-state index is -1.51. The molecule has 1 unspecified atom stereocenters. The number of hydrogen-bond donors (Lipinski definition) is 1. The van der Waals surface area contributed by atoms with Gasteiger partial charge in [0, 0.05) is 5.56 Å². The fourth-order valence-corrected chi connectivity index (χ4v) is 2.53.